The molecule has 1 aliphatic carbocycles. The lowest BCUT2D eigenvalue weighted by atomic mass is 9.88. The van der Waals surface area contributed by atoms with Crippen LogP contribution in [0.1, 0.15) is 25.3 Å². The number of nitrogens with zero attached hydrogens (tertiary/aromatic N) is 1. The molecule has 2 aliphatic heterocycles. The van der Waals surface area contributed by atoms with Crippen LogP contribution in [0.5, 0.6) is 0 Å². The number of nitrogens with one attached hydrogen (secondary N) is 1. The number of para-hydroxylation sites is 1. The van der Waals surface area contributed by atoms with Gasteiger partial charge in [-0.15, -0.1) is 12.4 Å². The van der Waals surface area contributed by atoms with Gasteiger partial charge in [-0.25, -0.2) is 0 Å². The number of carbonyl (C=O) groups is 1. The van der Waals surface area contributed by atoms with Gasteiger partial charge in [-0.05, 0) is 43.5 Å². The maximum Gasteiger partial charge on any atom is 0.230 e. The normalized spacial score (nSPS) is 23.8. The maximum absolute atomic E-state index is 12.8. The average molecular weight is 293 g/mol. The fourth-order valence-corrected chi connectivity index (χ4v) is 3.52. The highest BCUT2D eigenvalue weighted by molar-refractivity contribution is 5.98. The van der Waals surface area contributed by atoms with Crippen LogP contribution in [0.2, 0.25) is 0 Å². The molecule has 1 aromatic rings. The summed E-state index contributed by atoms with van der Waals surface area (Å²) < 4.78 is 0. The average Bonchev–Trinajstić information content (AvgIpc) is 3.06. The first-order valence-electron chi connectivity index (χ1n) is 7.33. The van der Waals surface area contributed by atoms with E-state index in [4.69, 9.17) is 0 Å². The third-order valence-electron chi connectivity index (χ3n) is 5.26. The third-order valence-corrected chi connectivity index (χ3v) is 5.26. The number of hydrogen-bond acceptors (Lipinski definition) is 2. The van der Waals surface area contributed by atoms with Crippen molar-refractivity contribution in [3.63, 3.8) is 0 Å². The summed E-state index contributed by atoms with van der Waals surface area (Å²) in [5.74, 6) is 0.987. The van der Waals surface area contributed by atoms with Crippen LogP contribution in [0.15, 0.2) is 24.3 Å². The van der Waals surface area contributed by atoms with Crippen molar-refractivity contribution in [3.05, 3.63) is 29.8 Å². The largest absolute Gasteiger partial charge is 0.316 e. The van der Waals surface area contributed by atoms with Gasteiger partial charge in [0.25, 0.3) is 0 Å². The second-order valence-corrected chi connectivity index (χ2v) is 6.43. The Balaban J connectivity index is 0.00000121. The fraction of sp³-hybridized carbons (Fsp3) is 0.562. The van der Waals surface area contributed by atoms with Gasteiger partial charge in [-0.1, -0.05) is 25.1 Å². The van der Waals surface area contributed by atoms with E-state index in [0.717, 1.165) is 19.6 Å². The summed E-state index contributed by atoms with van der Waals surface area (Å²) >= 11 is 0. The van der Waals surface area contributed by atoms with Crippen molar-refractivity contribution < 1.29 is 4.79 Å². The van der Waals surface area contributed by atoms with Crippen molar-refractivity contribution in [2.75, 3.05) is 24.5 Å². The van der Waals surface area contributed by atoms with E-state index < -0.39 is 0 Å². The van der Waals surface area contributed by atoms with Crippen LogP contribution in [0, 0.1) is 11.8 Å². The summed E-state index contributed by atoms with van der Waals surface area (Å²) in [6.45, 7) is 4.99. The van der Waals surface area contributed by atoms with Gasteiger partial charge in [0.15, 0.2) is 0 Å². The number of hydrogen-bond donors (Lipinski definition) is 1. The number of carbonyl (C=O) groups excluding carboxylic acids is 1. The highest BCUT2D eigenvalue weighted by atomic mass is 35.5. The molecule has 3 nitrogen and oxygen atoms in total. The van der Waals surface area contributed by atoms with E-state index in [0.29, 0.717) is 17.2 Å². The van der Waals surface area contributed by atoms with E-state index >= 15 is 0 Å². The molecule has 1 spiro atoms. The summed E-state index contributed by atoms with van der Waals surface area (Å²) in [7, 11) is 0. The van der Waals surface area contributed by atoms with Gasteiger partial charge in [-0.2, -0.15) is 0 Å². The molecule has 1 aromatic carbocycles. The fourth-order valence-electron chi connectivity index (χ4n) is 3.52. The van der Waals surface area contributed by atoms with Crippen LogP contribution in [0.25, 0.3) is 0 Å². The molecule has 4 heteroatoms. The highest BCUT2D eigenvalue weighted by Crippen LogP contribution is 2.56. The molecule has 1 amide bonds. The number of rotatable bonds is 2. The second-order valence-electron chi connectivity index (χ2n) is 6.43. The van der Waals surface area contributed by atoms with E-state index in [1.807, 2.05) is 0 Å². The van der Waals surface area contributed by atoms with Crippen LogP contribution in [0.3, 0.4) is 0 Å². The molecule has 1 saturated heterocycles. The standard InChI is InChI=1S/C16H20N2O.ClH/c1-11(12-8-17-9-12)15(19)18-10-16(6-7-16)13-4-2-3-5-14(13)18;/h2-5,11-12,17H,6-10H2,1H3;1H. The van der Waals surface area contributed by atoms with Crippen LogP contribution < -0.4 is 10.2 Å². The van der Waals surface area contributed by atoms with Gasteiger partial charge < -0.3 is 10.2 Å². The van der Waals surface area contributed by atoms with E-state index in [2.05, 4.69) is 41.4 Å². The van der Waals surface area contributed by atoms with Gasteiger partial charge >= 0.3 is 0 Å². The molecule has 0 bridgehead atoms. The zero-order chi connectivity index (χ0) is 13.0. The Bertz CT molecular complexity index is 537. The van der Waals surface area contributed by atoms with Crippen molar-refractivity contribution in [1.82, 2.24) is 5.32 Å². The van der Waals surface area contributed by atoms with E-state index in [9.17, 15) is 4.79 Å². The van der Waals surface area contributed by atoms with Crippen LogP contribution in [0.4, 0.5) is 5.69 Å². The Hall–Kier alpha value is -1.06. The molecular formula is C16H21ClN2O. The smallest absolute Gasteiger partial charge is 0.230 e. The van der Waals surface area contributed by atoms with E-state index in [1.54, 1.807) is 0 Å². The Morgan fingerprint density at radius 1 is 1.35 bits per heavy atom. The van der Waals surface area contributed by atoms with E-state index in [1.165, 1.54) is 24.1 Å². The van der Waals surface area contributed by atoms with Gasteiger partial charge in [0.1, 0.15) is 0 Å². The minimum absolute atomic E-state index is 0. The predicted molar refractivity (Wildman–Crippen MR) is 82.5 cm³/mol. The lowest BCUT2D eigenvalue weighted by molar-refractivity contribution is -0.124. The molecular weight excluding hydrogens is 272 g/mol. The van der Waals surface area contributed by atoms with Crippen LogP contribution in [-0.4, -0.2) is 25.5 Å². The summed E-state index contributed by atoms with van der Waals surface area (Å²) in [5.41, 5.74) is 2.88. The second kappa shape index (κ2) is 4.74. The number of halogens is 1. The molecule has 2 fully saturated rings. The molecule has 20 heavy (non-hydrogen) atoms. The maximum atomic E-state index is 12.8. The predicted octanol–water partition coefficient (Wildman–Crippen LogP) is 2.34. The first-order valence-corrected chi connectivity index (χ1v) is 7.33. The third kappa shape index (κ3) is 1.87. The molecule has 0 aromatic heterocycles. The van der Waals surface area contributed by atoms with Gasteiger partial charge in [-0.3, -0.25) is 4.79 Å². The Labute approximate surface area is 126 Å². The van der Waals surface area contributed by atoms with Crippen LogP contribution >= 0.6 is 12.4 Å². The molecule has 1 atom stereocenters. The molecule has 2 heterocycles. The minimum Gasteiger partial charge on any atom is -0.316 e. The quantitative estimate of drug-likeness (QED) is 0.907. The topological polar surface area (TPSA) is 32.3 Å². The first-order chi connectivity index (χ1) is 9.21. The number of benzene rings is 1. The molecule has 1 saturated carbocycles. The highest BCUT2D eigenvalue weighted by Gasteiger charge is 2.53. The van der Waals surface area contributed by atoms with Gasteiger partial charge in [0.2, 0.25) is 5.91 Å². The van der Waals surface area contributed by atoms with Crippen molar-refractivity contribution in [1.29, 1.82) is 0 Å². The summed E-state index contributed by atoms with van der Waals surface area (Å²) in [4.78, 5) is 14.8. The molecule has 0 radical (unpaired) electrons. The molecule has 108 valence electrons. The van der Waals surface area contributed by atoms with Crippen molar-refractivity contribution in [3.8, 4) is 0 Å². The van der Waals surface area contributed by atoms with Crippen molar-refractivity contribution >= 4 is 24.0 Å². The summed E-state index contributed by atoms with van der Waals surface area (Å²) in [6.07, 6.45) is 2.49. The lowest BCUT2D eigenvalue weighted by Crippen LogP contribution is -2.50. The Morgan fingerprint density at radius 2 is 2.05 bits per heavy atom. The van der Waals surface area contributed by atoms with Crippen molar-refractivity contribution in [2.45, 2.75) is 25.2 Å². The molecule has 1 N–H and O–H groups in total. The molecule has 3 aliphatic rings. The van der Waals surface area contributed by atoms with Gasteiger partial charge in [0.05, 0.1) is 0 Å². The molecule has 1 unspecified atom stereocenters. The Morgan fingerprint density at radius 3 is 2.65 bits per heavy atom. The first kappa shape index (κ1) is 13.9. The number of amides is 1. The van der Waals surface area contributed by atoms with E-state index in [-0.39, 0.29) is 18.3 Å². The number of fused-ring (bicyclic) bond motifs is 2. The Kier molecular flexibility index (Phi) is 3.30. The lowest BCUT2D eigenvalue weighted by Gasteiger charge is -2.34. The zero-order valence-electron chi connectivity index (χ0n) is 11.8. The van der Waals surface area contributed by atoms with Crippen molar-refractivity contribution in [2.24, 2.45) is 11.8 Å². The monoisotopic (exact) mass is 292 g/mol. The zero-order valence-corrected chi connectivity index (χ0v) is 12.6. The van der Waals surface area contributed by atoms with Gasteiger partial charge in [0, 0.05) is 23.6 Å². The summed E-state index contributed by atoms with van der Waals surface area (Å²) in [5, 5.41) is 3.26. The summed E-state index contributed by atoms with van der Waals surface area (Å²) in [6, 6.07) is 8.49. The molecule has 4 rings (SSSR count). The minimum atomic E-state index is 0. The number of anilines is 1. The van der Waals surface area contributed by atoms with Crippen LogP contribution in [-0.2, 0) is 10.2 Å². The SMILES string of the molecule is CC(C(=O)N1CC2(CC2)c2ccccc21)C1CNC1.Cl.